The predicted molar refractivity (Wildman–Crippen MR) is 155 cm³/mol. The normalized spacial score (nSPS) is 16.5. The molecule has 4 aromatic rings. The summed E-state index contributed by atoms with van der Waals surface area (Å²) in [6, 6.07) is 11.4. The van der Waals surface area contributed by atoms with Crippen LogP contribution in [0.1, 0.15) is 22.4 Å². The molecule has 0 radical (unpaired) electrons. The molecule has 2 aliphatic rings. The highest BCUT2D eigenvalue weighted by atomic mass is 16.5. The lowest BCUT2D eigenvalue weighted by atomic mass is 9.99. The highest BCUT2D eigenvalue weighted by Crippen LogP contribution is 2.37. The van der Waals surface area contributed by atoms with Gasteiger partial charge in [-0.05, 0) is 55.3 Å². The van der Waals surface area contributed by atoms with Gasteiger partial charge in [0.1, 0.15) is 11.6 Å². The average Bonchev–Trinajstić information content (AvgIpc) is 3.61. The molecule has 3 heterocycles. The third-order valence-electron chi connectivity index (χ3n) is 7.65. The minimum absolute atomic E-state index is 0.0401. The third kappa shape index (κ3) is 5.21. The standard InChI is InChI=1S/C30H33N7O3/c1-19-16-31-30(33-20-7-10-25-27(15-20)40-18-32-25)35-28(19)23-9-8-22-21(23)5-4-6-24(22)34-29(38)26(17-39-3)37-13-11-36(2)12-14-37/h4-7,9-10,15-16,18,26H,8,11-14,17H2,1-3H3,(H,34,38)(H,31,33,35)/t26-/m1/s1. The lowest BCUT2D eigenvalue weighted by molar-refractivity contribution is -0.124. The number of benzene rings is 2. The summed E-state index contributed by atoms with van der Waals surface area (Å²) in [6.45, 7) is 5.91. The van der Waals surface area contributed by atoms with Crippen LogP contribution in [-0.4, -0.2) is 83.6 Å². The van der Waals surface area contributed by atoms with Gasteiger partial charge in [-0.2, -0.15) is 0 Å². The van der Waals surface area contributed by atoms with E-state index in [4.69, 9.17) is 14.1 Å². The van der Waals surface area contributed by atoms with Gasteiger partial charge in [-0.25, -0.2) is 15.0 Å². The first-order chi connectivity index (χ1) is 19.5. The Morgan fingerprint density at radius 2 is 2.00 bits per heavy atom. The van der Waals surface area contributed by atoms with E-state index >= 15 is 0 Å². The summed E-state index contributed by atoms with van der Waals surface area (Å²) < 4.78 is 10.9. The number of fused-ring (bicyclic) bond motifs is 2. The van der Waals surface area contributed by atoms with Crippen molar-refractivity contribution in [2.24, 2.45) is 0 Å². The minimum atomic E-state index is -0.336. The van der Waals surface area contributed by atoms with Crippen molar-refractivity contribution in [3.8, 4) is 0 Å². The molecule has 1 atom stereocenters. The number of ether oxygens (including phenoxy) is 1. The van der Waals surface area contributed by atoms with Gasteiger partial charge in [0.05, 0.1) is 12.3 Å². The number of piperazine rings is 1. The van der Waals surface area contributed by atoms with Crippen LogP contribution in [0.4, 0.5) is 17.3 Å². The Hall–Kier alpha value is -4.12. The van der Waals surface area contributed by atoms with E-state index < -0.39 is 0 Å². The molecule has 1 fully saturated rings. The highest BCUT2D eigenvalue weighted by Gasteiger charge is 2.30. The fraction of sp³-hybridized carbons (Fsp3) is 0.333. The lowest BCUT2D eigenvalue weighted by Crippen LogP contribution is -2.54. The van der Waals surface area contributed by atoms with Gasteiger partial charge in [-0.3, -0.25) is 9.69 Å². The molecule has 10 nitrogen and oxygen atoms in total. The molecule has 2 aromatic carbocycles. The topological polar surface area (TPSA) is 109 Å². The van der Waals surface area contributed by atoms with Crippen molar-refractivity contribution >= 4 is 39.9 Å². The minimum Gasteiger partial charge on any atom is -0.443 e. The Kier molecular flexibility index (Phi) is 7.29. The first-order valence-electron chi connectivity index (χ1n) is 13.5. The zero-order valence-electron chi connectivity index (χ0n) is 23.0. The van der Waals surface area contributed by atoms with E-state index in [0.29, 0.717) is 24.6 Å². The Morgan fingerprint density at radius 3 is 2.83 bits per heavy atom. The Bertz CT molecular complexity index is 1570. The first kappa shape index (κ1) is 26.1. The quantitative estimate of drug-likeness (QED) is 0.345. The van der Waals surface area contributed by atoms with E-state index in [-0.39, 0.29) is 11.9 Å². The third-order valence-corrected chi connectivity index (χ3v) is 7.65. The SMILES string of the molecule is COC[C@H](C(=O)Nc1cccc2c1CC=C2c1nc(Nc2ccc3ncoc3c2)ncc1C)N1CCN(C)CC1. The maximum atomic E-state index is 13.5. The van der Waals surface area contributed by atoms with Crippen LogP contribution in [-0.2, 0) is 16.0 Å². The van der Waals surface area contributed by atoms with Gasteiger partial charge in [0.15, 0.2) is 12.0 Å². The van der Waals surface area contributed by atoms with E-state index in [1.54, 1.807) is 7.11 Å². The van der Waals surface area contributed by atoms with Crippen molar-refractivity contribution in [1.29, 1.82) is 0 Å². The number of likely N-dealkylation sites (N-methyl/N-ethyl adjacent to an activating group) is 1. The summed E-state index contributed by atoms with van der Waals surface area (Å²) in [7, 11) is 3.75. The van der Waals surface area contributed by atoms with Crippen LogP contribution in [0, 0.1) is 6.92 Å². The largest absolute Gasteiger partial charge is 0.443 e. The van der Waals surface area contributed by atoms with Gasteiger partial charge in [-0.15, -0.1) is 0 Å². The highest BCUT2D eigenvalue weighted by molar-refractivity contribution is 5.98. The van der Waals surface area contributed by atoms with E-state index in [9.17, 15) is 4.79 Å². The lowest BCUT2D eigenvalue weighted by Gasteiger charge is -2.36. The van der Waals surface area contributed by atoms with Crippen LogP contribution < -0.4 is 10.6 Å². The van der Waals surface area contributed by atoms with Gasteiger partial charge >= 0.3 is 0 Å². The van der Waals surface area contributed by atoms with Crippen molar-refractivity contribution < 1.29 is 13.9 Å². The van der Waals surface area contributed by atoms with Gasteiger partial charge < -0.3 is 24.7 Å². The van der Waals surface area contributed by atoms with Crippen LogP contribution >= 0.6 is 0 Å². The summed E-state index contributed by atoms with van der Waals surface area (Å²) in [5, 5.41) is 6.50. The number of hydrogen-bond donors (Lipinski definition) is 2. The fourth-order valence-electron chi connectivity index (χ4n) is 5.41. The number of oxazole rings is 1. The summed E-state index contributed by atoms with van der Waals surface area (Å²) in [6.07, 6.45) is 6.14. The molecule has 0 saturated carbocycles. The molecule has 1 aliphatic heterocycles. The summed E-state index contributed by atoms with van der Waals surface area (Å²) in [4.78, 5) is 31.5. The molecule has 1 aliphatic carbocycles. The zero-order valence-corrected chi connectivity index (χ0v) is 23.0. The Labute approximate surface area is 233 Å². The molecule has 40 heavy (non-hydrogen) atoms. The molecular weight excluding hydrogens is 506 g/mol. The van der Waals surface area contributed by atoms with Gasteiger partial charge in [0.2, 0.25) is 11.9 Å². The maximum absolute atomic E-state index is 13.5. The van der Waals surface area contributed by atoms with Gasteiger partial charge in [0.25, 0.3) is 0 Å². The van der Waals surface area contributed by atoms with Crippen molar-refractivity contribution in [3.63, 3.8) is 0 Å². The number of amides is 1. The summed E-state index contributed by atoms with van der Waals surface area (Å²) in [5.74, 6) is 0.453. The Balaban J connectivity index is 1.22. The molecule has 2 aromatic heterocycles. The van der Waals surface area contributed by atoms with E-state index in [1.807, 2.05) is 43.5 Å². The van der Waals surface area contributed by atoms with Crippen molar-refractivity contribution in [1.82, 2.24) is 24.8 Å². The number of nitrogens with one attached hydrogen (secondary N) is 2. The molecule has 206 valence electrons. The predicted octanol–water partition coefficient (Wildman–Crippen LogP) is 3.86. The number of carbonyl (C=O) groups excluding carboxylic acids is 1. The number of methoxy groups -OCH3 is 1. The van der Waals surface area contributed by atoms with Gasteiger partial charge in [-0.1, -0.05) is 18.2 Å². The van der Waals surface area contributed by atoms with E-state index in [0.717, 1.165) is 71.0 Å². The smallest absolute Gasteiger partial charge is 0.244 e. The Morgan fingerprint density at radius 1 is 1.15 bits per heavy atom. The molecule has 1 amide bonds. The average molecular weight is 540 g/mol. The number of anilines is 3. The fourth-order valence-corrected chi connectivity index (χ4v) is 5.41. The first-order valence-corrected chi connectivity index (χ1v) is 13.5. The number of aryl methyl sites for hydroxylation is 1. The second kappa shape index (κ2) is 11.2. The second-order valence-electron chi connectivity index (χ2n) is 10.3. The number of rotatable bonds is 8. The van der Waals surface area contributed by atoms with Gasteiger partial charge in [0, 0.05) is 62.5 Å². The van der Waals surface area contributed by atoms with Crippen molar-refractivity contribution in [2.75, 3.05) is 57.6 Å². The number of nitrogens with zero attached hydrogens (tertiary/aromatic N) is 5. The maximum Gasteiger partial charge on any atom is 0.244 e. The van der Waals surface area contributed by atoms with Crippen LogP contribution in [0.2, 0.25) is 0 Å². The molecule has 2 N–H and O–H groups in total. The van der Waals surface area contributed by atoms with Crippen LogP contribution in [0.25, 0.3) is 16.7 Å². The van der Waals surface area contributed by atoms with Crippen LogP contribution in [0.15, 0.2) is 59.5 Å². The van der Waals surface area contributed by atoms with E-state index in [2.05, 4.69) is 49.6 Å². The van der Waals surface area contributed by atoms with Crippen LogP contribution in [0.5, 0.6) is 0 Å². The number of aromatic nitrogens is 3. The molecule has 0 bridgehead atoms. The van der Waals surface area contributed by atoms with Crippen molar-refractivity contribution in [2.45, 2.75) is 19.4 Å². The molecule has 6 rings (SSSR count). The number of allylic oxidation sites excluding steroid dienone is 1. The van der Waals surface area contributed by atoms with E-state index in [1.165, 1.54) is 6.39 Å². The second-order valence-corrected chi connectivity index (χ2v) is 10.3. The monoisotopic (exact) mass is 539 g/mol. The van der Waals surface area contributed by atoms with Crippen molar-refractivity contribution in [3.05, 3.63) is 77.4 Å². The molecule has 10 heteroatoms. The summed E-state index contributed by atoms with van der Waals surface area (Å²) in [5.41, 5.74) is 8.15. The van der Waals surface area contributed by atoms with Crippen LogP contribution in [0.3, 0.4) is 0 Å². The zero-order chi connectivity index (χ0) is 27.6. The summed E-state index contributed by atoms with van der Waals surface area (Å²) >= 11 is 0. The molecule has 1 saturated heterocycles. The molecular formula is C30H33N7O3. The molecule has 0 spiro atoms. The molecule has 0 unspecified atom stereocenters. The number of carbonyl (C=O) groups is 1. The number of hydrogen-bond acceptors (Lipinski definition) is 9.